The largest absolute Gasteiger partial charge is 0.508 e. The second-order valence-corrected chi connectivity index (χ2v) is 7.08. The Morgan fingerprint density at radius 2 is 1.92 bits per heavy atom. The first-order valence-electron chi connectivity index (χ1n) is 8.71. The summed E-state index contributed by atoms with van der Waals surface area (Å²) in [5.74, 6) is 1.36. The van der Waals surface area contributed by atoms with E-state index in [0.717, 1.165) is 29.0 Å². The van der Waals surface area contributed by atoms with Gasteiger partial charge in [-0.3, -0.25) is 0 Å². The van der Waals surface area contributed by atoms with Gasteiger partial charge < -0.3 is 19.8 Å². The quantitative estimate of drug-likeness (QED) is 0.772. The molecule has 0 amide bonds. The lowest BCUT2D eigenvalue weighted by atomic mass is 9.93. The van der Waals surface area contributed by atoms with Gasteiger partial charge in [-0.05, 0) is 38.0 Å². The van der Waals surface area contributed by atoms with E-state index in [1.54, 1.807) is 6.07 Å². The van der Waals surface area contributed by atoms with Crippen molar-refractivity contribution in [3.05, 3.63) is 64.7 Å². The number of hydrogen-bond donors (Lipinski definition) is 2. The molecular weight excluding hydrogens is 326 g/mol. The molecule has 26 heavy (non-hydrogen) atoms. The lowest BCUT2D eigenvalue weighted by Crippen LogP contribution is -2.12. The lowest BCUT2D eigenvalue weighted by Gasteiger charge is -2.25. The molecule has 4 heteroatoms. The van der Waals surface area contributed by atoms with Crippen molar-refractivity contribution < 1.29 is 14.9 Å². The summed E-state index contributed by atoms with van der Waals surface area (Å²) in [5.41, 5.74) is 5.13. The van der Waals surface area contributed by atoms with Gasteiger partial charge in [0.15, 0.2) is 0 Å². The molecule has 1 heterocycles. The highest BCUT2D eigenvalue weighted by Crippen LogP contribution is 2.42. The standard InChI is InChI=1S/C22H25NO3/c1-14(2)8-9-16-11-19-20(25)12-18(24)13-21(19)26-22(16)15-6-5-7-17(10-15)23(3)4/h5-8,10,12-13,24-25H,9,11H2,1-4H3. The van der Waals surface area contributed by atoms with Gasteiger partial charge >= 0.3 is 0 Å². The van der Waals surface area contributed by atoms with Crippen LogP contribution in [0.15, 0.2) is 53.6 Å². The molecule has 0 radical (unpaired) electrons. The molecular formula is C22H25NO3. The van der Waals surface area contributed by atoms with Crippen molar-refractivity contribution in [1.82, 2.24) is 0 Å². The van der Waals surface area contributed by atoms with Gasteiger partial charge in [0.25, 0.3) is 0 Å². The summed E-state index contributed by atoms with van der Waals surface area (Å²) < 4.78 is 6.17. The van der Waals surface area contributed by atoms with Crippen LogP contribution in [-0.2, 0) is 6.42 Å². The number of phenols is 2. The van der Waals surface area contributed by atoms with Gasteiger partial charge in [-0.15, -0.1) is 0 Å². The van der Waals surface area contributed by atoms with Crippen LogP contribution >= 0.6 is 0 Å². The van der Waals surface area contributed by atoms with E-state index in [1.807, 2.05) is 37.2 Å². The first kappa shape index (κ1) is 17.9. The Hall–Kier alpha value is -2.88. The Labute approximate surface area is 154 Å². The predicted octanol–water partition coefficient (Wildman–Crippen LogP) is 4.87. The number of hydrogen-bond acceptors (Lipinski definition) is 4. The second kappa shape index (κ2) is 7.16. The van der Waals surface area contributed by atoms with E-state index in [1.165, 1.54) is 11.6 Å². The fraction of sp³-hybridized carbons (Fsp3) is 0.273. The van der Waals surface area contributed by atoms with Crippen molar-refractivity contribution in [3.8, 4) is 17.2 Å². The molecule has 136 valence electrons. The van der Waals surface area contributed by atoms with E-state index in [4.69, 9.17) is 4.74 Å². The minimum Gasteiger partial charge on any atom is -0.508 e. The number of nitrogens with zero attached hydrogens (tertiary/aromatic N) is 1. The van der Waals surface area contributed by atoms with Crippen LogP contribution in [-0.4, -0.2) is 24.3 Å². The summed E-state index contributed by atoms with van der Waals surface area (Å²) in [7, 11) is 4.01. The van der Waals surface area contributed by atoms with E-state index in [-0.39, 0.29) is 11.5 Å². The number of ether oxygens (including phenoxy) is 1. The highest BCUT2D eigenvalue weighted by atomic mass is 16.5. The highest BCUT2D eigenvalue weighted by Gasteiger charge is 2.24. The molecule has 0 unspecified atom stereocenters. The summed E-state index contributed by atoms with van der Waals surface area (Å²) in [6, 6.07) is 11.1. The molecule has 0 spiro atoms. The Kier molecular flexibility index (Phi) is 4.94. The number of rotatable bonds is 4. The smallest absolute Gasteiger partial charge is 0.138 e. The average molecular weight is 351 g/mol. The normalized spacial score (nSPS) is 13.1. The first-order chi connectivity index (χ1) is 12.3. The van der Waals surface area contributed by atoms with Crippen LogP contribution in [0.25, 0.3) is 5.76 Å². The maximum atomic E-state index is 10.2. The summed E-state index contributed by atoms with van der Waals surface area (Å²) in [5, 5.41) is 20.0. The molecule has 2 aromatic carbocycles. The van der Waals surface area contributed by atoms with Gasteiger partial charge in [0.2, 0.25) is 0 Å². The van der Waals surface area contributed by atoms with Crippen LogP contribution in [0.1, 0.15) is 31.4 Å². The number of phenolic OH excluding ortho intramolecular Hbond substituents is 2. The van der Waals surface area contributed by atoms with Crippen molar-refractivity contribution in [1.29, 1.82) is 0 Å². The maximum Gasteiger partial charge on any atom is 0.138 e. The van der Waals surface area contributed by atoms with Gasteiger partial charge in [0, 0.05) is 49.5 Å². The topological polar surface area (TPSA) is 52.9 Å². The van der Waals surface area contributed by atoms with Gasteiger partial charge in [-0.1, -0.05) is 23.8 Å². The summed E-state index contributed by atoms with van der Waals surface area (Å²) >= 11 is 0. The van der Waals surface area contributed by atoms with Crippen LogP contribution in [0.4, 0.5) is 5.69 Å². The number of aromatic hydroxyl groups is 2. The van der Waals surface area contributed by atoms with E-state index >= 15 is 0 Å². The zero-order valence-corrected chi connectivity index (χ0v) is 15.7. The molecule has 1 aliphatic rings. The Morgan fingerprint density at radius 1 is 1.15 bits per heavy atom. The van der Waals surface area contributed by atoms with Gasteiger partial charge in [-0.2, -0.15) is 0 Å². The molecule has 0 aliphatic carbocycles. The molecule has 0 saturated carbocycles. The van der Waals surface area contributed by atoms with Crippen molar-refractivity contribution >= 4 is 11.4 Å². The lowest BCUT2D eigenvalue weighted by molar-refractivity contribution is 0.424. The monoisotopic (exact) mass is 351 g/mol. The fourth-order valence-electron chi connectivity index (χ4n) is 3.04. The van der Waals surface area contributed by atoms with Crippen molar-refractivity contribution in [2.24, 2.45) is 0 Å². The van der Waals surface area contributed by atoms with Gasteiger partial charge in [0.05, 0.1) is 0 Å². The molecule has 0 fully saturated rings. The minimum absolute atomic E-state index is 0.00427. The average Bonchev–Trinajstić information content (AvgIpc) is 2.59. The third-order valence-corrected chi connectivity index (χ3v) is 4.47. The van der Waals surface area contributed by atoms with Crippen LogP contribution in [0, 0.1) is 0 Å². The molecule has 0 atom stereocenters. The SMILES string of the molecule is CC(C)=CCC1=C(c2cccc(N(C)C)c2)Oc2cc(O)cc(O)c2C1. The number of allylic oxidation sites excluding steroid dienone is 3. The Balaban J connectivity index is 2.10. The zero-order valence-electron chi connectivity index (χ0n) is 15.7. The second-order valence-electron chi connectivity index (χ2n) is 7.08. The van der Waals surface area contributed by atoms with Crippen LogP contribution in [0.3, 0.4) is 0 Å². The maximum absolute atomic E-state index is 10.2. The zero-order chi connectivity index (χ0) is 18.8. The van der Waals surface area contributed by atoms with E-state index in [2.05, 4.69) is 26.0 Å². The summed E-state index contributed by atoms with van der Waals surface area (Å²) in [6.45, 7) is 4.14. The molecule has 4 nitrogen and oxygen atoms in total. The van der Waals surface area contributed by atoms with Gasteiger partial charge in [-0.25, -0.2) is 0 Å². The number of fused-ring (bicyclic) bond motifs is 1. The fourth-order valence-corrected chi connectivity index (χ4v) is 3.04. The van der Waals surface area contributed by atoms with Crippen LogP contribution in [0.2, 0.25) is 0 Å². The van der Waals surface area contributed by atoms with E-state index < -0.39 is 0 Å². The van der Waals surface area contributed by atoms with Crippen molar-refractivity contribution in [2.45, 2.75) is 26.7 Å². The van der Waals surface area contributed by atoms with Crippen molar-refractivity contribution in [3.63, 3.8) is 0 Å². The molecule has 2 N–H and O–H groups in total. The molecule has 3 rings (SSSR count). The molecule has 1 aliphatic heterocycles. The first-order valence-corrected chi connectivity index (χ1v) is 8.71. The summed E-state index contributed by atoms with van der Waals surface area (Å²) in [4.78, 5) is 2.05. The van der Waals surface area contributed by atoms with E-state index in [9.17, 15) is 10.2 Å². The Morgan fingerprint density at radius 3 is 2.62 bits per heavy atom. The third-order valence-electron chi connectivity index (χ3n) is 4.47. The third kappa shape index (κ3) is 3.69. The van der Waals surface area contributed by atoms with E-state index in [0.29, 0.717) is 17.7 Å². The number of benzene rings is 2. The number of anilines is 1. The minimum atomic E-state index is -0.00427. The van der Waals surface area contributed by atoms with Crippen LogP contribution in [0.5, 0.6) is 17.2 Å². The molecule has 0 aromatic heterocycles. The highest BCUT2D eigenvalue weighted by molar-refractivity contribution is 5.73. The molecule has 0 saturated heterocycles. The summed E-state index contributed by atoms with van der Waals surface area (Å²) in [6.07, 6.45) is 3.51. The van der Waals surface area contributed by atoms with Gasteiger partial charge in [0.1, 0.15) is 23.0 Å². The molecule has 0 bridgehead atoms. The Bertz CT molecular complexity index is 890. The van der Waals surface area contributed by atoms with Crippen LogP contribution < -0.4 is 9.64 Å². The molecule has 2 aromatic rings. The van der Waals surface area contributed by atoms with Crippen molar-refractivity contribution in [2.75, 3.05) is 19.0 Å². The predicted molar refractivity (Wildman–Crippen MR) is 106 cm³/mol.